The molecule has 0 fully saturated rings. The topological polar surface area (TPSA) is 96.0 Å². The van der Waals surface area contributed by atoms with Crippen LogP contribution in [0.1, 0.15) is 24.5 Å². The van der Waals surface area contributed by atoms with Crippen LogP contribution in [0.2, 0.25) is 5.02 Å². The molecule has 0 bridgehead atoms. The van der Waals surface area contributed by atoms with Gasteiger partial charge >= 0.3 is 0 Å². The molecule has 2 amide bonds. The van der Waals surface area contributed by atoms with Gasteiger partial charge in [-0.1, -0.05) is 76.9 Å². The summed E-state index contributed by atoms with van der Waals surface area (Å²) in [5, 5.41) is 3.12. The molecule has 0 aromatic heterocycles. The monoisotopic (exact) mass is 649 g/mol. The Morgan fingerprint density at radius 1 is 1.02 bits per heavy atom. The average Bonchev–Trinajstić information content (AvgIpc) is 2.93. The Labute approximate surface area is 249 Å². The lowest BCUT2D eigenvalue weighted by Gasteiger charge is -2.33. The van der Waals surface area contributed by atoms with Gasteiger partial charge in [-0.05, 0) is 47.9 Å². The van der Waals surface area contributed by atoms with Crippen molar-refractivity contribution in [2.45, 2.75) is 32.4 Å². The van der Waals surface area contributed by atoms with Gasteiger partial charge in [0.1, 0.15) is 18.3 Å². The van der Waals surface area contributed by atoms with Crippen LogP contribution in [0.3, 0.4) is 0 Å². The minimum Gasteiger partial charge on any atom is -0.495 e. The van der Waals surface area contributed by atoms with Crippen molar-refractivity contribution in [3.05, 3.63) is 93.4 Å². The lowest BCUT2D eigenvalue weighted by Crippen LogP contribution is -2.53. The van der Waals surface area contributed by atoms with Crippen LogP contribution in [0, 0.1) is 0 Å². The van der Waals surface area contributed by atoms with Crippen molar-refractivity contribution in [1.29, 1.82) is 0 Å². The summed E-state index contributed by atoms with van der Waals surface area (Å²) in [6.45, 7) is 1.97. The van der Waals surface area contributed by atoms with Crippen LogP contribution in [0.5, 0.6) is 5.75 Å². The van der Waals surface area contributed by atoms with E-state index in [2.05, 4.69) is 21.2 Å². The first kappa shape index (κ1) is 31.4. The molecule has 0 radical (unpaired) electrons. The van der Waals surface area contributed by atoms with Gasteiger partial charge in [-0.3, -0.25) is 13.9 Å². The predicted molar refractivity (Wildman–Crippen MR) is 162 cm³/mol. The molecule has 0 spiro atoms. The molecule has 11 heteroatoms. The number of benzene rings is 3. The first-order valence-corrected chi connectivity index (χ1v) is 15.7. The summed E-state index contributed by atoms with van der Waals surface area (Å²) in [6, 6.07) is 20.4. The average molecular weight is 651 g/mol. The van der Waals surface area contributed by atoms with E-state index in [9.17, 15) is 18.0 Å². The maximum absolute atomic E-state index is 14.0. The molecule has 3 aromatic carbocycles. The van der Waals surface area contributed by atoms with Crippen molar-refractivity contribution in [1.82, 2.24) is 10.2 Å². The molecule has 1 atom stereocenters. The predicted octanol–water partition coefficient (Wildman–Crippen LogP) is 5.04. The van der Waals surface area contributed by atoms with E-state index in [0.717, 1.165) is 32.6 Å². The highest BCUT2D eigenvalue weighted by molar-refractivity contribution is 9.10. The molecule has 0 aliphatic heterocycles. The van der Waals surface area contributed by atoms with Crippen LogP contribution in [0.25, 0.3) is 0 Å². The van der Waals surface area contributed by atoms with Crippen molar-refractivity contribution in [3.63, 3.8) is 0 Å². The zero-order valence-corrected chi connectivity index (χ0v) is 25.8. The van der Waals surface area contributed by atoms with Crippen LogP contribution in [-0.4, -0.2) is 57.6 Å². The summed E-state index contributed by atoms with van der Waals surface area (Å²) in [5.41, 5.74) is 1.87. The van der Waals surface area contributed by atoms with Gasteiger partial charge in [-0.15, -0.1) is 0 Å². The number of hydrogen-bond donors (Lipinski definition) is 1. The Bertz CT molecular complexity index is 1400. The van der Waals surface area contributed by atoms with Crippen molar-refractivity contribution in [2.24, 2.45) is 0 Å². The van der Waals surface area contributed by atoms with Gasteiger partial charge in [-0.2, -0.15) is 0 Å². The van der Waals surface area contributed by atoms with E-state index in [-0.39, 0.29) is 29.6 Å². The Balaban J connectivity index is 2.04. The highest BCUT2D eigenvalue weighted by Gasteiger charge is 2.33. The Kier molecular flexibility index (Phi) is 11.4. The van der Waals surface area contributed by atoms with Crippen LogP contribution >= 0.6 is 27.5 Å². The Morgan fingerprint density at radius 2 is 1.70 bits per heavy atom. The van der Waals surface area contributed by atoms with Crippen LogP contribution in [0.15, 0.2) is 77.3 Å². The summed E-state index contributed by atoms with van der Waals surface area (Å²) >= 11 is 9.70. The van der Waals surface area contributed by atoms with Gasteiger partial charge in [-0.25, -0.2) is 8.42 Å². The minimum atomic E-state index is -3.90. The normalized spacial score (nSPS) is 11.9. The number of halogens is 2. The van der Waals surface area contributed by atoms with Gasteiger partial charge in [0.15, 0.2) is 0 Å². The lowest BCUT2D eigenvalue weighted by molar-refractivity contribution is -0.140. The van der Waals surface area contributed by atoms with Crippen LogP contribution in [0.4, 0.5) is 5.69 Å². The maximum atomic E-state index is 14.0. The van der Waals surface area contributed by atoms with Crippen molar-refractivity contribution >= 4 is 55.1 Å². The SMILES string of the molecule is CCCNC(=O)C(Cc1ccccc1)N(Cc1ccc(Br)cc1)C(=O)CN(c1ccc(OC)c(Cl)c1)S(C)(=O)=O. The van der Waals surface area contributed by atoms with E-state index in [1.54, 1.807) is 0 Å². The molecule has 0 aliphatic carbocycles. The molecule has 40 heavy (non-hydrogen) atoms. The molecular formula is C29H33BrClN3O5S. The fourth-order valence-electron chi connectivity index (χ4n) is 4.13. The van der Waals surface area contributed by atoms with Gasteiger partial charge in [0.2, 0.25) is 21.8 Å². The highest BCUT2D eigenvalue weighted by atomic mass is 79.9. The van der Waals surface area contributed by atoms with E-state index in [0.29, 0.717) is 12.3 Å². The third-order valence-corrected chi connectivity index (χ3v) is 8.15. The van der Waals surface area contributed by atoms with Gasteiger partial charge in [0.25, 0.3) is 0 Å². The highest BCUT2D eigenvalue weighted by Crippen LogP contribution is 2.30. The number of hydrogen-bond acceptors (Lipinski definition) is 5. The number of methoxy groups -OCH3 is 1. The molecule has 3 aromatic rings. The fourth-order valence-corrected chi connectivity index (χ4v) is 5.49. The quantitative estimate of drug-likeness (QED) is 0.280. The minimum absolute atomic E-state index is 0.101. The number of nitrogens with one attached hydrogen (secondary N) is 1. The molecule has 1 unspecified atom stereocenters. The standard InChI is InChI=1S/C29H33BrClN3O5S/c1-4-16-32-29(36)26(17-21-8-6-5-7-9-21)33(19-22-10-12-23(30)13-11-22)28(35)20-34(40(3,37)38)24-14-15-27(39-2)25(31)18-24/h5-15,18,26H,4,16-17,19-20H2,1-3H3,(H,32,36). The number of ether oxygens (including phenoxy) is 1. The molecule has 3 rings (SSSR count). The first-order chi connectivity index (χ1) is 19.0. The van der Waals surface area contributed by atoms with E-state index >= 15 is 0 Å². The third kappa shape index (κ3) is 8.71. The van der Waals surface area contributed by atoms with Crippen LogP contribution < -0.4 is 14.4 Å². The number of anilines is 1. The van der Waals surface area contributed by atoms with Crippen molar-refractivity contribution < 1.29 is 22.7 Å². The molecule has 0 saturated carbocycles. The number of carbonyl (C=O) groups is 2. The van der Waals surface area contributed by atoms with E-state index in [1.165, 1.54) is 30.2 Å². The van der Waals surface area contributed by atoms with Gasteiger partial charge in [0.05, 0.1) is 24.1 Å². The molecule has 1 N–H and O–H groups in total. The number of rotatable bonds is 13. The molecule has 0 saturated heterocycles. The van der Waals surface area contributed by atoms with Crippen molar-refractivity contribution in [2.75, 3.05) is 30.8 Å². The van der Waals surface area contributed by atoms with Gasteiger partial charge < -0.3 is 15.0 Å². The summed E-state index contributed by atoms with van der Waals surface area (Å²) in [5.74, 6) is -0.472. The fraction of sp³-hybridized carbons (Fsp3) is 0.310. The maximum Gasteiger partial charge on any atom is 0.244 e. The van der Waals surface area contributed by atoms with Crippen LogP contribution in [-0.2, 0) is 32.6 Å². The number of carbonyl (C=O) groups excluding carboxylic acids is 2. The second kappa shape index (κ2) is 14.5. The zero-order chi connectivity index (χ0) is 29.3. The van der Waals surface area contributed by atoms with E-state index in [1.807, 2.05) is 61.5 Å². The Morgan fingerprint density at radius 3 is 2.27 bits per heavy atom. The smallest absolute Gasteiger partial charge is 0.244 e. The molecular weight excluding hydrogens is 618 g/mol. The van der Waals surface area contributed by atoms with Crippen molar-refractivity contribution in [3.8, 4) is 5.75 Å². The molecule has 0 heterocycles. The lowest BCUT2D eigenvalue weighted by atomic mass is 10.0. The second-order valence-corrected chi connectivity index (χ2v) is 12.5. The molecule has 0 aliphatic rings. The third-order valence-electron chi connectivity index (χ3n) is 6.19. The molecule has 8 nitrogen and oxygen atoms in total. The summed E-state index contributed by atoms with van der Waals surface area (Å²) in [4.78, 5) is 29.0. The molecule has 214 valence electrons. The summed E-state index contributed by atoms with van der Waals surface area (Å²) < 4.78 is 32.8. The number of amides is 2. The van der Waals surface area contributed by atoms with E-state index < -0.39 is 28.5 Å². The van der Waals surface area contributed by atoms with Gasteiger partial charge in [0, 0.05) is 24.0 Å². The summed E-state index contributed by atoms with van der Waals surface area (Å²) in [7, 11) is -2.45. The summed E-state index contributed by atoms with van der Waals surface area (Å²) in [6.07, 6.45) is 2.00. The second-order valence-electron chi connectivity index (χ2n) is 9.23. The Hall–Kier alpha value is -3.08. The number of sulfonamides is 1. The largest absolute Gasteiger partial charge is 0.495 e. The zero-order valence-electron chi connectivity index (χ0n) is 22.6. The first-order valence-electron chi connectivity index (χ1n) is 12.7. The van der Waals surface area contributed by atoms with E-state index in [4.69, 9.17) is 16.3 Å². The number of nitrogens with zero attached hydrogens (tertiary/aromatic N) is 2.